The first-order valence-corrected chi connectivity index (χ1v) is 9.04. The summed E-state index contributed by atoms with van der Waals surface area (Å²) in [6, 6.07) is 4.13. The number of esters is 3. The van der Waals surface area contributed by atoms with Crippen molar-refractivity contribution in [1.29, 1.82) is 0 Å². The Bertz CT molecular complexity index is 769. The standard InChI is InChI=1S/C20H24O8/c1-4-28-19(24)12-5-7-13(17(21)22)15(10-12)16-9-11(18(23)26-2)6-8-14(16)20(25)27-3/h5,7,10-11,14,16H,4,6,8-9H2,1-3H3,(H,21,22). The van der Waals surface area contributed by atoms with Gasteiger partial charge in [0.2, 0.25) is 0 Å². The zero-order valence-electron chi connectivity index (χ0n) is 16.1. The lowest BCUT2D eigenvalue weighted by Crippen LogP contribution is -2.34. The molecule has 0 aliphatic heterocycles. The number of aromatic carboxylic acids is 1. The second kappa shape index (κ2) is 9.34. The maximum atomic E-state index is 12.3. The summed E-state index contributed by atoms with van der Waals surface area (Å²) in [4.78, 5) is 48.2. The van der Waals surface area contributed by atoms with Gasteiger partial charge in [-0.15, -0.1) is 0 Å². The molecule has 0 amide bonds. The summed E-state index contributed by atoms with van der Waals surface area (Å²) < 4.78 is 14.7. The highest BCUT2D eigenvalue weighted by Gasteiger charge is 2.41. The lowest BCUT2D eigenvalue weighted by Gasteiger charge is -2.34. The van der Waals surface area contributed by atoms with E-state index in [1.807, 2.05) is 0 Å². The topological polar surface area (TPSA) is 116 Å². The molecule has 1 saturated carbocycles. The van der Waals surface area contributed by atoms with Crippen molar-refractivity contribution in [3.63, 3.8) is 0 Å². The summed E-state index contributed by atoms with van der Waals surface area (Å²) in [5.41, 5.74) is 0.463. The Morgan fingerprint density at radius 3 is 2.32 bits per heavy atom. The van der Waals surface area contributed by atoms with E-state index in [0.29, 0.717) is 18.4 Å². The summed E-state index contributed by atoms with van der Waals surface area (Å²) in [5.74, 6) is -4.36. The van der Waals surface area contributed by atoms with Crippen molar-refractivity contribution in [2.45, 2.75) is 32.1 Å². The molecule has 1 N–H and O–H groups in total. The summed E-state index contributed by atoms with van der Waals surface area (Å²) in [5, 5.41) is 9.61. The normalized spacial score (nSPS) is 21.5. The van der Waals surface area contributed by atoms with Crippen LogP contribution in [0.2, 0.25) is 0 Å². The molecule has 0 aromatic heterocycles. The lowest BCUT2D eigenvalue weighted by molar-refractivity contribution is -0.152. The molecular formula is C20H24O8. The van der Waals surface area contributed by atoms with Crippen molar-refractivity contribution in [2.75, 3.05) is 20.8 Å². The Kier molecular flexibility index (Phi) is 7.14. The van der Waals surface area contributed by atoms with E-state index < -0.39 is 41.6 Å². The van der Waals surface area contributed by atoms with E-state index in [-0.39, 0.29) is 24.2 Å². The first-order valence-electron chi connectivity index (χ1n) is 9.04. The zero-order valence-corrected chi connectivity index (χ0v) is 16.1. The number of carboxylic acids is 1. The largest absolute Gasteiger partial charge is 0.478 e. The smallest absolute Gasteiger partial charge is 0.338 e. The molecule has 0 saturated heterocycles. The Morgan fingerprint density at radius 1 is 1.07 bits per heavy atom. The lowest BCUT2D eigenvalue weighted by atomic mass is 9.70. The second-order valence-corrected chi connectivity index (χ2v) is 6.60. The number of hydrogen-bond acceptors (Lipinski definition) is 7. The SMILES string of the molecule is CCOC(=O)c1ccc(C(=O)O)c(C2CC(C(=O)OC)CCC2C(=O)OC)c1. The number of benzene rings is 1. The summed E-state index contributed by atoms with van der Waals surface area (Å²) in [7, 11) is 2.55. The van der Waals surface area contributed by atoms with Gasteiger partial charge in [0.25, 0.3) is 0 Å². The van der Waals surface area contributed by atoms with E-state index in [9.17, 15) is 24.3 Å². The van der Waals surface area contributed by atoms with E-state index in [0.717, 1.165) is 0 Å². The molecule has 1 fully saturated rings. The highest BCUT2D eigenvalue weighted by atomic mass is 16.5. The van der Waals surface area contributed by atoms with Crippen LogP contribution in [0, 0.1) is 11.8 Å². The van der Waals surface area contributed by atoms with Crippen LogP contribution in [0.25, 0.3) is 0 Å². The van der Waals surface area contributed by atoms with Crippen molar-refractivity contribution in [2.24, 2.45) is 11.8 Å². The summed E-state index contributed by atoms with van der Waals surface area (Å²) >= 11 is 0. The first-order chi connectivity index (χ1) is 13.3. The molecule has 0 spiro atoms. The van der Waals surface area contributed by atoms with E-state index in [1.54, 1.807) is 6.92 Å². The summed E-state index contributed by atoms with van der Waals surface area (Å²) in [6.45, 7) is 1.84. The minimum atomic E-state index is -1.19. The van der Waals surface area contributed by atoms with E-state index in [1.165, 1.54) is 32.4 Å². The van der Waals surface area contributed by atoms with Crippen LogP contribution in [0.3, 0.4) is 0 Å². The van der Waals surface area contributed by atoms with Gasteiger partial charge in [-0.3, -0.25) is 9.59 Å². The molecule has 0 bridgehead atoms. The number of hydrogen-bond donors (Lipinski definition) is 1. The number of ether oxygens (including phenoxy) is 3. The molecule has 28 heavy (non-hydrogen) atoms. The number of carbonyl (C=O) groups excluding carboxylic acids is 3. The number of carboxylic acid groups (broad SMARTS) is 1. The molecule has 1 aliphatic rings. The second-order valence-electron chi connectivity index (χ2n) is 6.60. The minimum absolute atomic E-state index is 0.0301. The van der Waals surface area contributed by atoms with Crippen molar-refractivity contribution in [1.82, 2.24) is 0 Å². The fourth-order valence-electron chi connectivity index (χ4n) is 3.73. The molecule has 8 heteroatoms. The predicted octanol–water partition coefficient (Wildman–Crippen LogP) is 2.41. The van der Waals surface area contributed by atoms with Crippen molar-refractivity contribution >= 4 is 23.9 Å². The Balaban J connectivity index is 2.54. The van der Waals surface area contributed by atoms with Crippen molar-refractivity contribution in [3.05, 3.63) is 34.9 Å². The fourth-order valence-corrected chi connectivity index (χ4v) is 3.73. The Labute approximate surface area is 162 Å². The van der Waals surface area contributed by atoms with Crippen LogP contribution in [0.15, 0.2) is 18.2 Å². The third kappa shape index (κ3) is 4.49. The van der Waals surface area contributed by atoms with Crippen LogP contribution in [0.1, 0.15) is 58.4 Å². The molecular weight excluding hydrogens is 368 g/mol. The van der Waals surface area contributed by atoms with Gasteiger partial charge >= 0.3 is 23.9 Å². The van der Waals surface area contributed by atoms with E-state index in [4.69, 9.17) is 14.2 Å². The third-order valence-electron chi connectivity index (χ3n) is 5.08. The van der Waals surface area contributed by atoms with Crippen molar-refractivity contribution < 1.29 is 38.5 Å². The average molecular weight is 392 g/mol. The molecule has 1 aliphatic carbocycles. The van der Waals surface area contributed by atoms with E-state index >= 15 is 0 Å². The van der Waals surface area contributed by atoms with Crippen LogP contribution in [-0.2, 0) is 23.8 Å². The van der Waals surface area contributed by atoms with Crippen LogP contribution in [-0.4, -0.2) is 49.8 Å². The quantitative estimate of drug-likeness (QED) is 0.579. The highest BCUT2D eigenvalue weighted by Crippen LogP contribution is 2.43. The van der Waals surface area contributed by atoms with Crippen LogP contribution in [0.5, 0.6) is 0 Å². The van der Waals surface area contributed by atoms with Gasteiger partial charge in [0, 0.05) is 0 Å². The van der Waals surface area contributed by atoms with Gasteiger partial charge in [-0.2, -0.15) is 0 Å². The zero-order chi connectivity index (χ0) is 20.8. The first kappa shape index (κ1) is 21.4. The summed E-state index contributed by atoms with van der Waals surface area (Å²) in [6.07, 6.45) is 1.00. The van der Waals surface area contributed by atoms with Gasteiger partial charge in [-0.05, 0) is 55.9 Å². The van der Waals surface area contributed by atoms with Gasteiger partial charge in [-0.1, -0.05) is 0 Å². The van der Waals surface area contributed by atoms with Gasteiger partial charge in [0.1, 0.15) is 0 Å². The number of rotatable bonds is 6. The van der Waals surface area contributed by atoms with Gasteiger partial charge < -0.3 is 19.3 Å². The Hall–Kier alpha value is -2.90. The van der Waals surface area contributed by atoms with Gasteiger partial charge in [0.15, 0.2) is 0 Å². The highest BCUT2D eigenvalue weighted by molar-refractivity contribution is 5.94. The Morgan fingerprint density at radius 2 is 1.75 bits per heavy atom. The number of methoxy groups -OCH3 is 2. The third-order valence-corrected chi connectivity index (χ3v) is 5.08. The van der Waals surface area contributed by atoms with E-state index in [2.05, 4.69) is 0 Å². The molecule has 1 aromatic rings. The fraction of sp³-hybridized carbons (Fsp3) is 0.500. The average Bonchev–Trinajstić information content (AvgIpc) is 2.71. The van der Waals surface area contributed by atoms with Gasteiger partial charge in [-0.25, -0.2) is 9.59 Å². The van der Waals surface area contributed by atoms with Crippen LogP contribution >= 0.6 is 0 Å². The molecule has 3 atom stereocenters. The van der Waals surface area contributed by atoms with Gasteiger partial charge in [0.05, 0.1) is 43.8 Å². The molecule has 1 aromatic carbocycles. The molecule has 152 valence electrons. The number of carbonyl (C=O) groups is 4. The monoisotopic (exact) mass is 392 g/mol. The van der Waals surface area contributed by atoms with Crippen LogP contribution in [0.4, 0.5) is 0 Å². The molecule has 0 heterocycles. The van der Waals surface area contributed by atoms with Crippen LogP contribution < -0.4 is 0 Å². The maximum absolute atomic E-state index is 12.3. The molecule has 3 unspecified atom stereocenters. The molecule has 8 nitrogen and oxygen atoms in total. The van der Waals surface area contributed by atoms with Crippen molar-refractivity contribution in [3.8, 4) is 0 Å². The predicted molar refractivity (Wildman–Crippen MR) is 97.0 cm³/mol. The maximum Gasteiger partial charge on any atom is 0.338 e. The molecule has 2 rings (SSSR count). The molecule has 0 radical (unpaired) electrons. The minimum Gasteiger partial charge on any atom is -0.478 e.